The number of hydrogen-bond acceptors (Lipinski definition) is 3. The summed E-state index contributed by atoms with van der Waals surface area (Å²) in [5, 5.41) is 8.60. The van der Waals surface area contributed by atoms with Gasteiger partial charge in [0.15, 0.2) is 0 Å². The summed E-state index contributed by atoms with van der Waals surface area (Å²) in [6.45, 7) is 2.62. The summed E-state index contributed by atoms with van der Waals surface area (Å²) in [4.78, 5) is 24.1. The molecule has 0 unspecified atom stereocenters. The standard InChI is InChI=1S/C11H20N2O3/c1-2-13(8-5-9(14)15)10(16)11(12)6-3-4-7-11/h2-8,12H2,1H3,(H,14,15). The van der Waals surface area contributed by atoms with Crippen LogP contribution in [-0.4, -0.2) is 40.5 Å². The van der Waals surface area contributed by atoms with Crippen molar-refractivity contribution in [3.63, 3.8) is 0 Å². The van der Waals surface area contributed by atoms with Gasteiger partial charge in [-0.25, -0.2) is 0 Å². The monoisotopic (exact) mass is 228 g/mol. The first-order chi connectivity index (χ1) is 7.49. The SMILES string of the molecule is CCN(CCC(=O)O)C(=O)C1(N)CCCC1. The summed E-state index contributed by atoms with van der Waals surface area (Å²) in [5.41, 5.74) is 5.31. The van der Waals surface area contributed by atoms with Gasteiger partial charge in [0, 0.05) is 13.1 Å². The van der Waals surface area contributed by atoms with Crippen LogP contribution < -0.4 is 5.73 Å². The zero-order valence-electron chi connectivity index (χ0n) is 9.74. The number of hydrogen-bond donors (Lipinski definition) is 2. The molecule has 5 heteroatoms. The van der Waals surface area contributed by atoms with Crippen molar-refractivity contribution >= 4 is 11.9 Å². The second-order valence-corrected chi connectivity index (χ2v) is 4.39. The minimum absolute atomic E-state index is 0.0182. The Bertz CT molecular complexity index is 272. The Labute approximate surface area is 95.6 Å². The summed E-state index contributed by atoms with van der Waals surface area (Å²) in [5.74, 6) is -0.975. The molecule has 5 nitrogen and oxygen atoms in total. The number of likely N-dealkylation sites (N-methyl/N-ethyl adjacent to an activating group) is 1. The smallest absolute Gasteiger partial charge is 0.305 e. The van der Waals surface area contributed by atoms with E-state index in [0.717, 1.165) is 25.7 Å². The zero-order chi connectivity index (χ0) is 12.2. The third-order valence-corrected chi connectivity index (χ3v) is 3.19. The van der Waals surface area contributed by atoms with E-state index in [2.05, 4.69) is 0 Å². The van der Waals surface area contributed by atoms with Crippen LogP contribution in [0, 0.1) is 0 Å². The fourth-order valence-electron chi connectivity index (χ4n) is 2.17. The summed E-state index contributed by atoms with van der Waals surface area (Å²) in [6, 6.07) is 0. The summed E-state index contributed by atoms with van der Waals surface area (Å²) in [6.07, 6.45) is 3.39. The molecule has 92 valence electrons. The third kappa shape index (κ3) is 2.95. The highest BCUT2D eigenvalue weighted by Gasteiger charge is 2.39. The molecule has 16 heavy (non-hydrogen) atoms. The molecule has 0 aliphatic heterocycles. The molecule has 1 fully saturated rings. The molecule has 1 aliphatic carbocycles. The van der Waals surface area contributed by atoms with E-state index in [1.54, 1.807) is 4.90 Å². The van der Waals surface area contributed by atoms with Crippen molar-refractivity contribution in [2.75, 3.05) is 13.1 Å². The lowest BCUT2D eigenvalue weighted by Crippen LogP contribution is -2.53. The summed E-state index contributed by atoms with van der Waals surface area (Å²) in [7, 11) is 0. The van der Waals surface area contributed by atoms with E-state index in [1.807, 2.05) is 6.92 Å². The Morgan fingerprint density at radius 2 is 1.94 bits per heavy atom. The van der Waals surface area contributed by atoms with E-state index in [1.165, 1.54) is 0 Å². The largest absolute Gasteiger partial charge is 0.481 e. The normalized spacial score (nSPS) is 18.4. The van der Waals surface area contributed by atoms with Crippen molar-refractivity contribution in [1.82, 2.24) is 4.90 Å². The van der Waals surface area contributed by atoms with Crippen LogP contribution in [0.4, 0.5) is 0 Å². The van der Waals surface area contributed by atoms with E-state index in [4.69, 9.17) is 10.8 Å². The number of amides is 1. The predicted octanol–water partition coefficient (Wildman–Crippen LogP) is 0.581. The summed E-state index contributed by atoms with van der Waals surface area (Å²) < 4.78 is 0. The summed E-state index contributed by atoms with van der Waals surface area (Å²) >= 11 is 0. The lowest BCUT2D eigenvalue weighted by molar-refractivity contribution is -0.140. The van der Waals surface area contributed by atoms with Gasteiger partial charge in [-0.15, -0.1) is 0 Å². The molecule has 0 aromatic rings. The number of carboxylic acids is 1. The number of rotatable bonds is 5. The highest BCUT2D eigenvalue weighted by atomic mass is 16.4. The van der Waals surface area contributed by atoms with Gasteiger partial charge in [-0.1, -0.05) is 12.8 Å². The van der Waals surface area contributed by atoms with Crippen molar-refractivity contribution in [3.8, 4) is 0 Å². The van der Waals surface area contributed by atoms with Crippen LogP contribution in [0.5, 0.6) is 0 Å². The molecule has 3 N–H and O–H groups in total. The molecule has 0 radical (unpaired) electrons. The topological polar surface area (TPSA) is 83.6 Å². The Kier molecular flexibility index (Phi) is 4.29. The molecule has 0 bridgehead atoms. The van der Waals surface area contributed by atoms with E-state index in [-0.39, 0.29) is 18.9 Å². The van der Waals surface area contributed by atoms with Crippen LogP contribution in [0.3, 0.4) is 0 Å². The average Bonchev–Trinajstić information content (AvgIpc) is 2.66. The van der Waals surface area contributed by atoms with Crippen LogP contribution >= 0.6 is 0 Å². The lowest BCUT2D eigenvalue weighted by atomic mass is 9.97. The minimum Gasteiger partial charge on any atom is -0.481 e. The molecule has 1 saturated carbocycles. The van der Waals surface area contributed by atoms with Crippen molar-refractivity contribution in [3.05, 3.63) is 0 Å². The van der Waals surface area contributed by atoms with Gasteiger partial charge < -0.3 is 15.7 Å². The zero-order valence-corrected chi connectivity index (χ0v) is 9.74. The Hall–Kier alpha value is -1.10. The van der Waals surface area contributed by atoms with Crippen molar-refractivity contribution in [2.45, 2.75) is 44.6 Å². The van der Waals surface area contributed by atoms with Gasteiger partial charge in [0.25, 0.3) is 0 Å². The highest BCUT2D eigenvalue weighted by Crippen LogP contribution is 2.28. The number of carbonyl (C=O) groups excluding carboxylic acids is 1. The molecular weight excluding hydrogens is 208 g/mol. The molecule has 1 amide bonds. The van der Waals surface area contributed by atoms with Gasteiger partial charge in [-0.2, -0.15) is 0 Å². The Morgan fingerprint density at radius 1 is 1.38 bits per heavy atom. The lowest BCUT2D eigenvalue weighted by Gasteiger charge is -2.30. The molecule has 0 atom stereocenters. The van der Waals surface area contributed by atoms with E-state index >= 15 is 0 Å². The van der Waals surface area contributed by atoms with Gasteiger partial charge in [0.1, 0.15) is 0 Å². The Morgan fingerprint density at radius 3 is 2.38 bits per heavy atom. The second kappa shape index (κ2) is 5.30. The maximum atomic E-state index is 12.1. The maximum Gasteiger partial charge on any atom is 0.305 e. The quantitative estimate of drug-likeness (QED) is 0.721. The van der Waals surface area contributed by atoms with Crippen LogP contribution in [0.15, 0.2) is 0 Å². The maximum absolute atomic E-state index is 12.1. The first-order valence-corrected chi connectivity index (χ1v) is 5.79. The molecule has 1 rings (SSSR count). The van der Waals surface area contributed by atoms with Crippen LogP contribution in [-0.2, 0) is 9.59 Å². The van der Waals surface area contributed by atoms with Gasteiger partial charge in [0.05, 0.1) is 12.0 Å². The number of carbonyl (C=O) groups is 2. The molecular formula is C11H20N2O3. The predicted molar refractivity (Wildman–Crippen MR) is 59.9 cm³/mol. The Balaban J connectivity index is 2.58. The van der Waals surface area contributed by atoms with Crippen LogP contribution in [0.1, 0.15) is 39.0 Å². The number of nitrogens with zero attached hydrogens (tertiary/aromatic N) is 1. The molecule has 0 aromatic carbocycles. The molecule has 0 heterocycles. The second-order valence-electron chi connectivity index (χ2n) is 4.39. The van der Waals surface area contributed by atoms with Gasteiger partial charge >= 0.3 is 5.97 Å². The van der Waals surface area contributed by atoms with Gasteiger partial charge in [-0.05, 0) is 19.8 Å². The van der Waals surface area contributed by atoms with E-state index in [9.17, 15) is 9.59 Å². The number of carboxylic acid groups (broad SMARTS) is 1. The first kappa shape index (κ1) is 13.0. The number of aliphatic carboxylic acids is 1. The molecule has 1 aliphatic rings. The highest BCUT2D eigenvalue weighted by molar-refractivity contribution is 5.86. The average molecular weight is 228 g/mol. The minimum atomic E-state index is -0.885. The van der Waals surface area contributed by atoms with Crippen LogP contribution in [0.2, 0.25) is 0 Å². The van der Waals surface area contributed by atoms with Gasteiger partial charge in [-0.3, -0.25) is 9.59 Å². The van der Waals surface area contributed by atoms with E-state index < -0.39 is 11.5 Å². The fraction of sp³-hybridized carbons (Fsp3) is 0.818. The van der Waals surface area contributed by atoms with Crippen molar-refractivity contribution in [1.29, 1.82) is 0 Å². The fourth-order valence-corrected chi connectivity index (χ4v) is 2.17. The number of nitrogens with two attached hydrogens (primary N) is 1. The molecule has 0 aromatic heterocycles. The molecule has 0 spiro atoms. The third-order valence-electron chi connectivity index (χ3n) is 3.19. The van der Waals surface area contributed by atoms with Crippen molar-refractivity contribution in [2.24, 2.45) is 5.73 Å². The van der Waals surface area contributed by atoms with Crippen LogP contribution in [0.25, 0.3) is 0 Å². The first-order valence-electron chi connectivity index (χ1n) is 5.79. The van der Waals surface area contributed by atoms with Crippen molar-refractivity contribution < 1.29 is 14.7 Å². The van der Waals surface area contributed by atoms with Gasteiger partial charge in [0.2, 0.25) is 5.91 Å². The van der Waals surface area contributed by atoms with E-state index in [0.29, 0.717) is 6.54 Å². The molecule has 0 saturated heterocycles.